The van der Waals surface area contributed by atoms with Crippen LogP contribution in [0.3, 0.4) is 0 Å². The van der Waals surface area contributed by atoms with Gasteiger partial charge in [0.1, 0.15) is 5.69 Å². The van der Waals surface area contributed by atoms with Crippen molar-refractivity contribution in [1.29, 1.82) is 0 Å². The molecule has 2 rings (SSSR count). The molecule has 1 aromatic carbocycles. The molecule has 2 N–H and O–H groups in total. The lowest BCUT2D eigenvalue weighted by atomic mass is 10.2. The number of nitrogens with one attached hydrogen (secondary N) is 2. The SMILES string of the molecule is CC[C@H](C)NC(=O)CN1CCN(c2ccc(S(=O)(=O)NC)cc2[N+](=O)[O-])CC1. The maximum atomic E-state index is 12.0. The van der Waals surface area contributed by atoms with Crippen LogP contribution in [0, 0.1) is 10.1 Å². The minimum absolute atomic E-state index is 0.0320. The number of carbonyl (C=O) groups is 1. The number of nitrogens with zero attached hydrogens (tertiary/aromatic N) is 3. The van der Waals surface area contributed by atoms with Crippen LogP contribution in [-0.4, -0.2) is 70.0 Å². The highest BCUT2D eigenvalue weighted by Gasteiger charge is 2.27. The lowest BCUT2D eigenvalue weighted by Gasteiger charge is -2.35. The number of nitro benzene ring substituents is 1. The second-order valence-corrected chi connectivity index (χ2v) is 8.64. The minimum Gasteiger partial charge on any atom is -0.363 e. The fourth-order valence-electron chi connectivity index (χ4n) is 2.97. The van der Waals surface area contributed by atoms with Gasteiger partial charge < -0.3 is 10.2 Å². The zero-order valence-electron chi connectivity index (χ0n) is 16.3. The summed E-state index contributed by atoms with van der Waals surface area (Å²) < 4.78 is 26.0. The van der Waals surface area contributed by atoms with E-state index < -0.39 is 14.9 Å². The molecule has 1 aliphatic rings. The van der Waals surface area contributed by atoms with E-state index in [9.17, 15) is 23.3 Å². The van der Waals surface area contributed by atoms with Gasteiger partial charge >= 0.3 is 0 Å². The number of piperazine rings is 1. The predicted molar refractivity (Wildman–Crippen MR) is 106 cm³/mol. The summed E-state index contributed by atoms with van der Waals surface area (Å²) in [4.78, 5) is 26.6. The molecule has 1 saturated heterocycles. The van der Waals surface area contributed by atoms with Gasteiger partial charge in [0.25, 0.3) is 5.69 Å². The zero-order chi connectivity index (χ0) is 20.9. The van der Waals surface area contributed by atoms with Crippen LogP contribution < -0.4 is 14.9 Å². The predicted octanol–water partition coefficient (Wildman–Crippen LogP) is 0.540. The van der Waals surface area contributed by atoms with E-state index in [0.717, 1.165) is 12.5 Å². The van der Waals surface area contributed by atoms with E-state index in [-0.39, 0.29) is 22.5 Å². The Morgan fingerprint density at radius 1 is 1.29 bits per heavy atom. The third-order valence-corrected chi connectivity index (χ3v) is 6.23. The van der Waals surface area contributed by atoms with Crippen molar-refractivity contribution in [3.8, 4) is 0 Å². The van der Waals surface area contributed by atoms with Crippen molar-refractivity contribution in [3.63, 3.8) is 0 Å². The summed E-state index contributed by atoms with van der Waals surface area (Å²) in [6.45, 7) is 6.44. The molecule has 1 fully saturated rings. The Kier molecular flexibility index (Phi) is 7.33. The van der Waals surface area contributed by atoms with E-state index in [0.29, 0.717) is 38.4 Å². The van der Waals surface area contributed by atoms with Crippen LogP contribution in [-0.2, 0) is 14.8 Å². The van der Waals surface area contributed by atoms with Gasteiger partial charge in [-0.05, 0) is 32.5 Å². The Morgan fingerprint density at radius 3 is 2.46 bits per heavy atom. The summed E-state index contributed by atoms with van der Waals surface area (Å²) in [5.41, 5.74) is 0.128. The van der Waals surface area contributed by atoms with E-state index in [4.69, 9.17) is 0 Å². The topological polar surface area (TPSA) is 125 Å². The molecule has 1 aliphatic heterocycles. The highest BCUT2D eigenvalue weighted by atomic mass is 32.2. The van der Waals surface area contributed by atoms with Crippen LogP contribution in [0.2, 0.25) is 0 Å². The third kappa shape index (κ3) is 5.40. The molecule has 0 aliphatic carbocycles. The highest BCUT2D eigenvalue weighted by molar-refractivity contribution is 7.89. The smallest absolute Gasteiger partial charge is 0.293 e. The van der Waals surface area contributed by atoms with Gasteiger partial charge in [-0.3, -0.25) is 19.8 Å². The summed E-state index contributed by atoms with van der Waals surface area (Å²) in [6.07, 6.45) is 0.864. The summed E-state index contributed by atoms with van der Waals surface area (Å²) in [6, 6.07) is 4.03. The number of hydrogen-bond acceptors (Lipinski definition) is 7. The third-order valence-electron chi connectivity index (χ3n) is 4.82. The van der Waals surface area contributed by atoms with Gasteiger partial charge in [0.2, 0.25) is 15.9 Å². The molecular formula is C17H27N5O5S. The lowest BCUT2D eigenvalue weighted by molar-refractivity contribution is -0.384. The Balaban J connectivity index is 2.07. The van der Waals surface area contributed by atoms with Crippen LogP contribution in [0.1, 0.15) is 20.3 Å². The summed E-state index contributed by atoms with van der Waals surface area (Å²) in [5, 5.41) is 14.4. The summed E-state index contributed by atoms with van der Waals surface area (Å²) in [7, 11) is -2.51. The van der Waals surface area contributed by atoms with Gasteiger partial charge in [-0.15, -0.1) is 0 Å². The Morgan fingerprint density at radius 2 is 1.93 bits per heavy atom. The van der Waals surface area contributed by atoms with Crippen molar-refractivity contribution in [1.82, 2.24) is 14.9 Å². The van der Waals surface area contributed by atoms with Crippen molar-refractivity contribution in [2.24, 2.45) is 0 Å². The number of rotatable bonds is 8. The molecule has 28 heavy (non-hydrogen) atoms. The van der Waals surface area contributed by atoms with Crippen LogP contribution in [0.4, 0.5) is 11.4 Å². The second kappa shape index (κ2) is 9.30. The Hall–Kier alpha value is -2.24. The fourth-order valence-corrected chi connectivity index (χ4v) is 3.72. The Bertz CT molecular complexity index is 821. The monoisotopic (exact) mass is 413 g/mol. The normalized spacial score (nSPS) is 16.6. The van der Waals surface area contributed by atoms with E-state index in [2.05, 4.69) is 10.0 Å². The molecule has 11 heteroatoms. The van der Waals surface area contributed by atoms with E-state index in [1.165, 1.54) is 19.2 Å². The summed E-state index contributed by atoms with van der Waals surface area (Å²) >= 11 is 0. The molecule has 156 valence electrons. The van der Waals surface area contributed by atoms with Crippen LogP contribution in [0.15, 0.2) is 23.1 Å². The number of nitro groups is 1. The van der Waals surface area contributed by atoms with Crippen LogP contribution in [0.5, 0.6) is 0 Å². The first kappa shape index (κ1) is 22.1. The quantitative estimate of drug-likeness (QED) is 0.471. The van der Waals surface area contributed by atoms with Crippen LogP contribution >= 0.6 is 0 Å². The number of anilines is 1. The maximum absolute atomic E-state index is 12.0. The Labute approximate surface area is 165 Å². The molecule has 1 heterocycles. The van der Waals surface area contributed by atoms with Gasteiger partial charge in [0.05, 0.1) is 16.4 Å². The maximum Gasteiger partial charge on any atom is 0.293 e. The van der Waals surface area contributed by atoms with Crippen molar-refractivity contribution in [2.75, 3.05) is 44.7 Å². The van der Waals surface area contributed by atoms with E-state index in [1.807, 2.05) is 23.6 Å². The molecule has 0 saturated carbocycles. The minimum atomic E-state index is -3.76. The first-order valence-electron chi connectivity index (χ1n) is 9.16. The first-order valence-corrected chi connectivity index (χ1v) is 10.6. The van der Waals surface area contributed by atoms with Gasteiger partial charge in [0.15, 0.2) is 0 Å². The highest BCUT2D eigenvalue weighted by Crippen LogP contribution is 2.31. The van der Waals surface area contributed by atoms with Crippen molar-refractivity contribution < 1.29 is 18.1 Å². The molecule has 1 amide bonds. The fraction of sp³-hybridized carbons (Fsp3) is 0.588. The average molecular weight is 414 g/mol. The molecule has 1 aromatic rings. The van der Waals surface area contributed by atoms with Gasteiger partial charge in [-0.25, -0.2) is 13.1 Å². The molecular weight excluding hydrogens is 386 g/mol. The molecule has 1 atom stereocenters. The molecule has 0 bridgehead atoms. The summed E-state index contributed by atoms with van der Waals surface area (Å²) in [5.74, 6) is -0.0320. The number of amides is 1. The van der Waals surface area contributed by atoms with E-state index >= 15 is 0 Å². The standard InChI is InChI=1S/C17H27N5O5S/c1-4-13(2)19-17(23)12-20-7-9-21(10-8-20)15-6-5-14(28(26,27)18-3)11-16(15)22(24)25/h5-6,11,13,18H,4,7-10,12H2,1-3H3,(H,19,23)/t13-/m0/s1. The second-order valence-electron chi connectivity index (χ2n) is 6.76. The average Bonchev–Trinajstić information content (AvgIpc) is 2.67. The van der Waals surface area contributed by atoms with Gasteiger partial charge in [0, 0.05) is 38.3 Å². The van der Waals surface area contributed by atoms with Crippen molar-refractivity contribution in [2.45, 2.75) is 31.2 Å². The molecule has 0 aromatic heterocycles. The zero-order valence-corrected chi connectivity index (χ0v) is 17.2. The molecule has 0 spiro atoms. The van der Waals surface area contributed by atoms with Crippen molar-refractivity contribution >= 4 is 27.3 Å². The van der Waals surface area contributed by atoms with Gasteiger partial charge in [-0.1, -0.05) is 6.92 Å². The number of benzene rings is 1. The molecule has 0 unspecified atom stereocenters. The number of sulfonamides is 1. The van der Waals surface area contributed by atoms with Gasteiger partial charge in [-0.2, -0.15) is 0 Å². The first-order chi connectivity index (χ1) is 13.2. The molecule has 10 nitrogen and oxygen atoms in total. The lowest BCUT2D eigenvalue weighted by Crippen LogP contribution is -2.50. The molecule has 0 radical (unpaired) electrons. The van der Waals surface area contributed by atoms with Crippen molar-refractivity contribution in [3.05, 3.63) is 28.3 Å². The largest absolute Gasteiger partial charge is 0.363 e. The van der Waals surface area contributed by atoms with Crippen LogP contribution in [0.25, 0.3) is 0 Å². The van der Waals surface area contributed by atoms with E-state index in [1.54, 1.807) is 0 Å². The number of hydrogen-bond donors (Lipinski definition) is 2. The number of carbonyl (C=O) groups excluding carboxylic acids is 1.